The number of benzene rings is 1. The lowest BCUT2D eigenvalue weighted by Crippen LogP contribution is -2.62. The van der Waals surface area contributed by atoms with E-state index >= 15 is 0 Å². The molecule has 0 unspecified atom stereocenters. The number of carboxylic acids is 1. The van der Waals surface area contributed by atoms with E-state index in [2.05, 4.69) is 15.6 Å². The van der Waals surface area contributed by atoms with E-state index in [0.717, 1.165) is 16.0 Å². The molecule has 1 aromatic carbocycles. The van der Waals surface area contributed by atoms with E-state index < -0.39 is 71.4 Å². The summed E-state index contributed by atoms with van der Waals surface area (Å²) in [4.78, 5) is 113. The highest BCUT2D eigenvalue weighted by Crippen LogP contribution is 2.37. The lowest BCUT2D eigenvalue weighted by Gasteiger charge is -2.41. The fourth-order valence-corrected chi connectivity index (χ4v) is 9.20. The summed E-state index contributed by atoms with van der Waals surface area (Å²) in [6, 6.07) is 5.39. The molecular weight excluding hydrogens is 837 g/mol. The van der Waals surface area contributed by atoms with Crippen LogP contribution in [0.25, 0.3) is 0 Å². The molecule has 65 heavy (non-hydrogen) atoms. The molecule has 2 aliphatic heterocycles. The third kappa shape index (κ3) is 12.7. The molecule has 1 aromatic rings. The Morgan fingerprint density at radius 1 is 0.969 bits per heavy atom. The van der Waals surface area contributed by atoms with E-state index in [0.29, 0.717) is 51.5 Å². The van der Waals surface area contributed by atoms with Gasteiger partial charge in [-0.05, 0) is 68.9 Å². The van der Waals surface area contributed by atoms with E-state index in [1.54, 1.807) is 37.6 Å². The number of methoxy groups -OCH3 is 2. The number of ether oxygens (including phenoxy) is 2. The second kappa shape index (κ2) is 23.2. The van der Waals surface area contributed by atoms with Crippen molar-refractivity contribution in [1.82, 2.24) is 25.3 Å². The van der Waals surface area contributed by atoms with Gasteiger partial charge >= 0.3 is 5.97 Å². The molecule has 1 saturated heterocycles. The summed E-state index contributed by atoms with van der Waals surface area (Å²) in [6.07, 6.45) is 4.90. The molecule has 0 radical (unpaired) electrons. The van der Waals surface area contributed by atoms with Crippen molar-refractivity contribution in [3.63, 3.8) is 0 Å². The first kappa shape index (κ1) is 52.3. The third-order valence-electron chi connectivity index (χ3n) is 13.3. The molecule has 0 aromatic heterocycles. The maximum absolute atomic E-state index is 14.4. The second-order valence-corrected chi connectivity index (χ2v) is 18.5. The van der Waals surface area contributed by atoms with Crippen molar-refractivity contribution in [2.24, 2.45) is 22.7 Å². The van der Waals surface area contributed by atoms with Crippen LogP contribution < -0.4 is 10.6 Å². The first-order valence-electron chi connectivity index (χ1n) is 22.9. The van der Waals surface area contributed by atoms with Gasteiger partial charge in [0, 0.05) is 58.8 Å². The molecule has 0 bridgehead atoms. The quantitative estimate of drug-likeness (QED) is 0.0769. The molecule has 17 nitrogen and oxygen atoms in total. The average molecular weight is 907 g/mol. The van der Waals surface area contributed by atoms with Crippen molar-refractivity contribution in [2.45, 2.75) is 148 Å². The summed E-state index contributed by atoms with van der Waals surface area (Å²) >= 11 is 0. The number of aliphatic imine (C=N–C) groups is 1. The molecule has 3 aliphatic rings. The molecular formula is C48H70N6O11. The number of carbonyl (C=O) groups is 8. The van der Waals surface area contributed by atoms with Gasteiger partial charge in [-0.15, -0.1) is 0 Å². The fourth-order valence-electron chi connectivity index (χ4n) is 9.20. The van der Waals surface area contributed by atoms with Crippen LogP contribution in [-0.2, 0) is 54.3 Å². The number of hydrogen-bond donors (Lipinski definition) is 3. The second-order valence-electron chi connectivity index (χ2n) is 18.5. The molecule has 17 heteroatoms. The molecule has 4 rings (SSSR count). The smallest absolute Gasteiger partial charge is 0.351 e. The number of hydrogen-bond acceptors (Lipinski definition) is 10. The molecule has 0 spiro atoms. The van der Waals surface area contributed by atoms with Crippen molar-refractivity contribution >= 4 is 53.0 Å². The van der Waals surface area contributed by atoms with Gasteiger partial charge in [-0.3, -0.25) is 38.5 Å². The summed E-state index contributed by atoms with van der Waals surface area (Å²) in [7, 11) is 4.59. The number of nitrogens with zero attached hydrogens (tertiary/aromatic N) is 4. The molecule has 358 valence electrons. The number of rotatable bonds is 24. The molecule has 0 saturated carbocycles. The first-order chi connectivity index (χ1) is 30.7. The molecule has 8 atom stereocenters. The Kier molecular flexibility index (Phi) is 18.7. The van der Waals surface area contributed by atoms with Crippen LogP contribution >= 0.6 is 0 Å². The molecule has 3 N–H and O–H groups in total. The van der Waals surface area contributed by atoms with Gasteiger partial charge in [0.25, 0.3) is 17.7 Å². The number of likely N-dealkylation sites (N-methyl/N-ethyl adjacent to an activating group) is 1. The maximum atomic E-state index is 14.4. The Hall–Kier alpha value is -5.29. The number of unbranched alkanes of at least 4 members (excludes halogenated alkanes) is 2. The zero-order valence-corrected chi connectivity index (χ0v) is 39.8. The number of fused-ring (bicyclic) bond motifs is 1. The van der Waals surface area contributed by atoms with Crippen LogP contribution in [0.15, 0.2) is 41.4 Å². The number of carbonyl (C=O) groups excluding carboxylic acids is 7. The van der Waals surface area contributed by atoms with Gasteiger partial charge in [0.15, 0.2) is 0 Å². The minimum absolute atomic E-state index is 0.0930. The zero-order valence-electron chi connectivity index (χ0n) is 39.8. The predicted octanol–water partition coefficient (Wildman–Crippen LogP) is 3.82. The van der Waals surface area contributed by atoms with Gasteiger partial charge < -0.3 is 35.0 Å². The first-order valence-corrected chi connectivity index (χ1v) is 22.9. The van der Waals surface area contributed by atoms with Crippen LogP contribution in [0.4, 0.5) is 0 Å². The maximum Gasteiger partial charge on any atom is 0.351 e. The largest absolute Gasteiger partial charge is 0.477 e. The number of aliphatic carboxylic acids is 1. The van der Waals surface area contributed by atoms with Gasteiger partial charge in [-0.2, -0.15) is 0 Å². The zero-order chi connectivity index (χ0) is 48.3. The lowest BCUT2D eigenvalue weighted by molar-refractivity contribution is -0.148. The summed E-state index contributed by atoms with van der Waals surface area (Å²) < 4.78 is 11.9. The standard InChI is InChI=1S/C48H70N6O11/c1-11-29(4)42(52(8)45(60)40(28(2)3)50-47(63)48(6,7)51-36(55)21-13-12-16-24-54-37(56)22-23-38(54)57)35(64-9)27-39(58)53-25-17-20-34(53)43(65-10)30(5)44(59)49-41(46(61)62)33-26-31-18-14-15-19-32(31)33/h14-15,18-19,22-23,28-30,33-35,40,42-43H,11-13,16-17,20-21,24-27H2,1-10H3,(H,50,63)(H,51,55)(H,61,62)/t29-,30+,33-,34-,35+,40-,42-,43+/m0/s1. The SMILES string of the molecule is CC[C@H](C)[C@@H]([C@@H](CC(=O)N1CCC[C@H]1[C@H](OC)[C@@H](C)C(=O)N=C(C(=O)O)[C@H]1Cc2ccccc21)OC)N(C)C(=O)[C@@H](NC(=O)C(C)(C)NC(=O)CCCCCN1C(=O)C=CC1=O)C(C)C. The minimum Gasteiger partial charge on any atom is -0.477 e. The summed E-state index contributed by atoms with van der Waals surface area (Å²) in [5, 5.41) is 15.7. The average Bonchev–Trinajstić information content (AvgIpc) is 3.87. The van der Waals surface area contributed by atoms with Gasteiger partial charge in [0.1, 0.15) is 17.3 Å². The summed E-state index contributed by atoms with van der Waals surface area (Å²) in [5.74, 6) is -6.01. The van der Waals surface area contributed by atoms with Crippen LogP contribution in [0, 0.1) is 17.8 Å². The number of imide groups is 1. The van der Waals surface area contributed by atoms with E-state index in [9.17, 15) is 43.5 Å². The Labute approximate surface area is 383 Å². The van der Waals surface area contributed by atoms with Crippen LogP contribution in [-0.4, -0.2) is 143 Å². The highest BCUT2D eigenvalue weighted by atomic mass is 16.5. The predicted molar refractivity (Wildman–Crippen MR) is 242 cm³/mol. The van der Waals surface area contributed by atoms with E-state index in [1.807, 2.05) is 52.0 Å². The molecule has 7 amide bonds. The molecule has 1 fully saturated rings. The van der Waals surface area contributed by atoms with E-state index in [4.69, 9.17) is 9.47 Å². The third-order valence-corrected chi connectivity index (χ3v) is 13.3. The Morgan fingerprint density at radius 2 is 1.63 bits per heavy atom. The van der Waals surface area contributed by atoms with Crippen molar-refractivity contribution in [3.8, 4) is 0 Å². The summed E-state index contributed by atoms with van der Waals surface area (Å²) in [5.41, 5.74) is 0.268. The van der Waals surface area contributed by atoms with Crippen LogP contribution in [0.1, 0.15) is 117 Å². The van der Waals surface area contributed by atoms with Crippen molar-refractivity contribution < 1.29 is 52.9 Å². The number of likely N-dealkylation sites (tertiary alicyclic amines) is 1. The van der Waals surface area contributed by atoms with E-state index in [1.165, 1.54) is 26.4 Å². The van der Waals surface area contributed by atoms with Crippen molar-refractivity contribution in [3.05, 3.63) is 47.5 Å². The fraction of sp³-hybridized carbons (Fsp3) is 0.646. The van der Waals surface area contributed by atoms with Crippen LogP contribution in [0.2, 0.25) is 0 Å². The van der Waals surface area contributed by atoms with Gasteiger partial charge in [0.2, 0.25) is 23.6 Å². The monoisotopic (exact) mass is 907 g/mol. The Balaban J connectivity index is 1.40. The van der Waals surface area contributed by atoms with Crippen LogP contribution in [0.3, 0.4) is 0 Å². The van der Waals surface area contributed by atoms with Crippen molar-refractivity contribution in [2.75, 3.05) is 34.4 Å². The molecule has 2 heterocycles. The normalized spacial score (nSPS) is 20.1. The highest BCUT2D eigenvalue weighted by Gasteiger charge is 2.44. The number of amides is 7. The van der Waals surface area contributed by atoms with Gasteiger partial charge in [-0.25, -0.2) is 9.79 Å². The topological polar surface area (TPSA) is 221 Å². The Bertz CT molecular complexity index is 1980. The highest BCUT2D eigenvalue weighted by molar-refractivity contribution is 6.40. The number of carboxylic acid groups (broad SMARTS) is 1. The Morgan fingerprint density at radius 3 is 2.22 bits per heavy atom. The molecule has 1 aliphatic carbocycles. The summed E-state index contributed by atoms with van der Waals surface area (Å²) in [6.45, 7) is 13.0. The van der Waals surface area contributed by atoms with Gasteiger partial charge in [-0.1, -0.05) is 71.7 Å². The van der Waals surface area contributed by atoms with E-state index in [-0.39, 0.29) is 60.6 Å². The van der Waals surface area contributed by atoms with Crippen molar-refractivity contribution in [1.29, 1.82) is 0 Å². The van der Waals surface area contributed by atoms with Gasteiger partial charge in [0.05, 0.1) is 36.6 Å². The number of nitrogens with one attached hydrogen (secondary N) is 2. The minimum atomic E-state index is -1.37. The lowest BCUT2D eigenvalue weighted by atomic mass is 9.75. The van der Waals surface area contributed by atoms with Crippen LogP contribution in [0.5, 0.6) is 0 Å².